The van der Waals surface area contributed by atoms with E-state index in [4.69, 9.17) is 8.94 Å². The second-order valence-corrected chi connectivity index (χ2v) is 4.40. The lowest BCUT2D eigenvalue weighted by atomic mass is 10.1. The largest absolute Gasteiger partial charge is 0.463 e. The highest BCUT2D eigenvalue weighted by Gasteiger charge is 2.23. The summed E-state index contributed by atoms with van der Waals surface area (Å²) >= 11 is 0. The van der Waals surface area contributed by atoms with Gasteiger partial charge in [0.05, 0.1) is 6.26 Å². The molecule has 106 valence electrons. The number of carbonyl (C=O) groups is 1. The second-order valence-electron chi connectivity index (χ2n) is 4.40. The van der Waals surface area contributed by atoms with Gasteiger partial charge in [0.25, 0.3) is 5.91 Å². The number of aryl methyl sites for hydroxylation is 1. The van der Waals surface area contributed by atoms with Crippen LogP contribution in [-0.2, 0) is 0 Å². The zero-order valence-electron chi connectivity index (χ0n) is 11.1. The van der Waals surface area contributed by atoms with E-state index >= 15 is 0 Å². The van der Waals surface area contributed by atoms with Gasteiger partial charge < -0.3 is 14.3 Å². The van der Waals surface area contributed by atoms with Crippen molar-refractivity contribution in [2.45, 2.75) is 6.92 Å². The zero-order valence-corrected chi connectivity index (χ0v) is 11.1. The summed E-state index contributed by atoms with van der Waals surface area (Å²) in [6, 6.07) is 9.00. The minimum absolute atomic E-state index is 0.259. The zero-order chi connectivity index (χ0) is 14.8. The number of hydrogen-bond donors (Lipinski definition) is 1. The van der Waals surface area contributed by atoms with Crippen LogP contribution in [0.4, 0.5) is 10.1 Å². The van der Waals surface area contributed by atoms with Crippen LogP contribution < -0.4 is 5.32 Å². The van der Waals surface area contributed by atoms with Crippen molar-refractivity contribution in [3.05, 3.63) is 59.8 Å². The summed E-state index contributed by atoms with van der Waals surface area (Å²) in [5.74, 6) is -0.0848. The molecule has 2 heterocycles. The van der Waals surface area contributed by atoms with Crippen LogP contribution in [0.15, 0.2) is 51.6 Å². The van der Waals surface area contributed by atoms with Crippen molar-refractivity contribution in [2.24, 2.45) is 0 Å². The van der Waals surface area contributed by atoms with E-state index in [-0.39, 0.29) is 5.56 Å². The van der Waals surface area contributed by atoms with Crippen LogP contribution in [0.2, 0.25) is 0 Å². The number of anilines is 1. The maximum absolute atomic E-state index is 13.1. The molecular formula is C15H11FN2O3. The lowest BCUT2D eigenvalue weighted by Gasteiger charge is -2.05. The quantitative estimate of drug-likeness (QED) is 0.798. The van der Waals surface area contributed by atoms with E-state index in [1.165, 1.54) is 24.5 Å². The molecule has 3 aromatic rings. The third-order valence-corrected chi connectivity index (χ3v) is 2.93. The Bertz CT molecular complexity index is 778. The number of rotatable bonds is 3. The summed E-state index contributed by atoms with van der Waals surface area (Å²) in [5, 5.41) is 6.44. The van der Waals surface area contributed by atoms with Crippen LogP contribution in [0.25, 0.3) is 11.5 Å². The predicted molar refractivity (Wildman–Crippen MR) is 73.3 cm³/mol. The molecule has 2 aromatic heterocycles. The van der Waals surface area contributed by atoms with Crippen molar-refractivity contribution in [3.8, 4) is 11.5 Å². The molecule has 1 aromatic carbocycles. The first kappa shape index (κ1) is 13.1. The highest BCUT2D eigenvalue weighted by molar-refractivity contribution is 6.08. The standard InChI is InChI=1S/C15H11FN2O3/c1-9-13(14(18-21-9)12-6-3-7-20-12)15(19)17-11-5-2-4-10(16)8-11/h2-8H,1H3,(H,17,19). The summed E-state index contributed by atoms with van der Waals surface area (Å²) < 4.78 is 23.4. The number of halogens is 1. The van der Waals surface area contributed by atoms with Gasteiger partial charge in [-0.15, -0.1) is 0 Å². The Morgan fingerprint density at radius 2 is 2.14 bits per heavy atom. The molecule has 6 heteroatoms. The number of aromatic nitrogens is 1. The molecule has 0 saturated carbocycles. The smallest absolute Gasteiger partial charge is 0.261 e. The SMILES string of the molecule is Cc1onc(-c2ccco2)c1C(=O)Nc1cccc(F)c1. The highest BCUT2D eigenvalue weighted by Crippen LogP contribution is 2.26. The fourth-order valence-electron chi connectivity index (χ4n) is 1.98. The Labute approximate surface area is 119 Å². The van der Waals surface area contributed by atoms with Gasteiger partial charge in [-0.1, -0.05) is 11.2 Å². The Hall–Kier alpha value is -2.89. The van der Waals surface area contributed by atoms with E-state index in [9.17, 15) is 9.18 Å². The van der Waals surface area contributed by atoms with E-state index in [1.54, 1.807) is 25.1 Å². The van der Waals surface area contributed by atoms with Gasteiger partial charge in [0, 0.05) is 5.69 Å². The van der Waals surface area contributed by atoms with E-state index in [2.05, 4.69) is 10.5 Å². The van der Waals surface area contributed by atoms with E-state index < -0.39 is 11.7 Å². The molecule has 0 spiro atoms. The summed E-state index contributed by atoms with van der Waals surface area (Å²) in [5.41, 5.74) is 0.923. The Kier molecular flexibility index (Phi) is 3.27. The Morgan fingerprint density at radius 1 is 1.29 bits per heavy atom. The first-order valence-electron chi connectivity index (χ1n) is 6.22. The number of furan rings is 1. The molecule has 1 N–H and O–H groups in total. The average Bonchev–Trinajstić information content (AvgIpc) is 3.07. The predicted octanol–water partition coefficient (Wildman–Crippen LogP) is 3.63. The lowest BCUT2D eigenvalue weighted by molar-refractivity contribution is 0.102. The molecule has 3 rings (SSSR count). The third kappa shape index (κ3) is 2.55. The minimum atomic E-state index is -0.439. The van der Waals surface area contributed by atoms with Crippen LogP contribution in [0.5, 0.6) is 0 Å². The van der Waals surface area contributed by atoms with E-state index in [1.807, 2.05) is 0 Å². The summed E-state index contributed by atoms with van der Waals surface area (Å²) in [4.78, 5) is 12.3. The molecule has 5 nitrogen and oxygen atoms in total. The van der Waals surface area contributed by atoms with Crippen molar-refractivity contribution < 1.29 is 18.1 Å². The molecule has 0 atom stereocenters. The molecular weight excluding hydrogens is 275 g/mol. The first-order chi connectivity index (χ1) is 10.1. The highest BCUT2D eigenvalue weighted by atomic mass is 19.1. The van der Waals surface area contributed by atoms with Crippen molar-refractivity contribution in [2.75, 3.05) is 5.32 Å². The van der Waals surface area contributed by atoms with Crippen LogP contribution >= 0.6 is 0 Å². The van der Waals surface area contributed by atoms with Gasteiger partial charge in [-0.3, -0.25) is 4.79 Å². The van der Waals surface area contributed by atoms with Crippen LogP contribution in [0.3, 0.4) is 0 Å². The van der Waals surface area contributed by atoms with Gasteiger partial charge >= 0.3 is 0 Å². The van der Waals surface area contributed by atoms with E-state index in [0.717, 1.165) is 0 Å². The molecule has 0 bridgehead atoms. The monoisotopic (exact) mass is 286 g/mol. The van der Waals surface area contributed by atoms with Gasteiger partial charge in [-0.2, -0.15) is 0 Å². The fourth-order valence-corrected chi connectivity index (χ4v) is 1.98. The average molecular weight is 286 g/mol. The van der Waals surface area contributed by atoms with E-state index in [0.29, 0.717) is 22.9 Å². The second kappa shape index (κ2) is 5.24. The number of amides is 1. The molecule has 1 amide bonds. The van der Waals surface area contributed by atoms with Crippen LogP contribution in [0.1, 0.15) is 16.1 Å². The molecule has 0 fully saturated rings. The minimum Gasteiger partial charge on any atom is -0.463 e. The molecule has 0 aliphatic heterocycles. The van der Waals surface area contributed by atoms with Gasteiger partial charge in [0.1, 0.15) is 17.1 Å². The number of benzene rings is 1. The van der Waals surface area contributed by atoms with Gasteiger partial charge in [-0.05, 0) is 37.3 Å². The van der Waals surface area contributed by atoms with Crippen molar-refractivity contribution >= 4 is 11.6 Å². The molecule has 0 aliphatic carbocycles. The molecule has 0 saturated heterocycles. The molecule has 21 heavy (non-hydrogen) atoms. The fraction of sp³-hybridized carbons (Fsp3) is 0.0667. The number of nitrogens with one attached hydrogen (secondary N) is 1. The maximum atomic E-state index is 13.1. The topological polar surface area (TPSA) is 68.3 Å². The van der Waals surface area contributed by atoms with Crippen LogP contribution in [0, 0.1) is 12.7 Å². The van der Waals surface area contributed by atoms with Gasteiger partial charge in [0.2, 0.25) is 0 Å². The number of nitrogens with zero attached hydrogens (tertiary/aromatic N) is 1. The van der Waals surface area contributed by atoms with Crippen LogP contribution in [-0.4, -0.2) is 11.1 Å². The number of carbonyl (C=O) groups excluding carboxylic acids is 1. The normalized spacial score (nSPS) is 10.6. The first-order valence-corrected chi connectivity index (χ1v) is 6.22. The Balaban J connectivity index is 1.93. The molecule has 0 radical (unpaired) electrons. The van der Waals surface area contributed by atoms with Crippen molar-refractivity contribution in [3.63, 3.8) is 0 Å². The molecule has 0 unspecified atom stereocenters. The molecule has 0 aliphatic rings. The lowest BCUT2D eigenvalue weighted by Crippen LogP contribution is -2.13. The third-order valence-electron chi connectivity index (χ3n) is 2.93. The Morgan fingerprint density at radius 3 is 2.86 bits per heavy atom. The number of hydrogen-bond acceptors (Lipinski definition) is 4. The van der Waals surface area contributed by atoms with Crippen molar-refractivity contribution in [1.29, 1.82) is 0 Å². The summed E-state index contributed by atoms with van der Waals surface area (Å²) in [6.07, 6.45) is 1.48. The summed E-state index contributed by atoms with van der Waals surface area (Å²) in [7, 11) is 0. The van der Waals surface area contributed by atoms with Crippen molar-refractivity contribution in [1.82, 2.24) is 5.16 Å². The maximum Gasteiger partial charge on any atom is 0.261 e. The summed E-state index contributed by atoms with van der Waals surface area (Å²) in [6.45, 7) is 1.62. The van der Waals surface area contributed by atoms with Gasteiger partial charge in [-0.25, -0.2) is 4.39 Å². The van der Waals surface area contributed by atoms with Gasteiger partial charge in [0.15, 0.2) is 11.5 Å².